The van der Waals surface area contributed by atoms with Gasteiger partial charge in [0.1, 0.15) is 35.6 Å². The zero-order chi connectivity index (χ0) is 39.5. The van der Waals surface area contributed by atoms with E-state index in [4.69, 9.17) is 14.2 Å². The second-order valence-corrected chi connectivity index (χ2v) is 16.6. The Hall–Kier alpha value is -3.70. The molecule has 1 aromatic carbocycles. The van der Waals surface area contributed by atoms with E-state index in [1.54, 1.807) is 63.4 Å². The normalized spacial score (nSPS) is 35.2. The van der Waals surface area contributed by atoms with Crippen LogP contribution in [0.15, 0.2) is 59.0 Å². The summed E-state index contributed by atoms with van der Waals surface area (Å²) in [7, 11) is 0. The monoisotopic (exact) mass is 770 g/mol. The van der Waals surface area contributed by atoms with Crippen LogP contribution in [0.4, 0.5) is 4.79 Å². The van der Waals surface area contributed by atoms with Crippen molar-refractivity contribution < 1.29 is 58.9 Å². The number of amides is 2. The Morgan fingerprint density at radius 2 is 1.70 bits per heavy atom. The average molecular weight is 771 g/mol. The average Bonchev–Trinajstić information content (AvgIpc) is 3.68. The Bertz CT molecular complexity index is 1800. The van der Waals surface area contributed by atoms with Gasteiger partial charge in [0, 0.05) is 42.1 Å². The van der Waals surface area contributed by atoms with Gasteiger partial charge in [0.25, 0.3) is 0 Å². The quantitative estimate of drug-likeness (QED) is 0.160. The number of rotatable bonds is 9. The molecule has 2 aromatic rings. The second-order valence-electron chi connectivity index (χ2n) is 15.6. The molecule has 1 saturated heterocycles. The maximum atomic E-state index is 14.7. The predicted molar refractivity (Wildman–Crippen MR) is 194 cm³/mol. The molecule has 2 bridgehead atoms. The zero-order valence-electron chi connectivity index (χ0n) is 31.2. The number of urea groups is 1. The molecule has 3 aliphatic carbocycles. The number of thiophene rings is 1. The number of fused-ring (bicyclic) bond motifs is 5. The highest BCUT2D eigenvalue weighted by molar-refractivity contribution is 7.10. The maximum absolute atomic E-state index is 14.7. The number of hydrogen-bond donors (Lipinski definition) is 6. The van der Waals surface area contributed by atoms with Crippen LogP contribution in [0.1, 0.15) is 75.7 Å². The molecule has 6 N–H and O–H groups in total. The third-order valence-electron chi connectivity index (χ3n) is 12.6. The Balaban J connectivity index is 1.45. The number of esters is 2. The maximum Gasteiger partial charge on any atom is 0.338 e. The first-order valence-corrected chi connectivity index (χ1v) is 19.2. The fraction of sp³-hybridized carbons (Fsp3) is 0.590. The molecule has 11 atom stereocenters. The number of hydrogen-bond acceptors (Lipinski definition) is 13. The van der Waals surface area contributed by atoms with Crippen LogP contribution in [0.2, 0.25) is 0 Å². The summed E-state index contributed by atoms with van der Waals surface area (Å²) in [6, 6.07) is 9.55. The number of benzene rings is 1. The standard InChI is InChI=1S/C39H50N2O12S/c1-7-41(8-2)35(48)40-27(23-15-12-16-54-23)29(44)34(47)52-22-18-39(50)32(53-33(46)21-13-10-9-11-14-21)30-37(6,24(42)17-25-38(30,49)19-51-25)31(45)28(43)26(20(22)3)36(39,4)5/h9-16,22,24-25,27-30,32,42-44,49-50H,7-8,17-19H2,1-6H3,(H,40,48)/t22?,24?,25?,27?,28?,29?,30?,32?,37-,38?,39?/m1/s1. The molecular formula is C39H50N2O12S. The van der Waals surface area contributed by atoms with Gasteiger partial charge in [-0.15, -0.1) is 11.3 Å². The van der Waals surface area contributed by atoms with E-state index in [0.29, 0.717) is 18.0 Å². The molecule has 10 unspecified atom stereocenters. The third-order valence-corrected chi connectivity index (χ3v) is 13.6. The number of ether oxygens (including phenoxy) is 3. The van der Waals surface area contributed by atoms with Gasteiger partial charge in [-0.25, -0.2) is 14.4 Å². The van der Waals surface area contributed by atoms with E-state index in [-0.39, 0.29) is 29.7 Å². The molecular weight excluding hydrogens is 720 g/mol. The van der Waals surface area contributed by atoms with Gasteiger partial charge in [0.2, 0.25) is 0 Å². The molecule has 1 aliphatic heterocycles. The number of Topliss-reactive ketones (excluding diaryl/α,β-unsaturated/α-hetero) is 1. The summed E-state index contributed by atoms with van der Waals surface area (Å²) in [6.45, 7) is 10.1. The van der Waals surface area contributed by atoms with Crippen molar-refractivity contribution in [3.05, 3.63) is 69.4 Å². The molecule has 2 heterocycles. The summed E-state index contributed by atoms with van der Waals surface area (Å²) in [6.07, 6.45) is -10.1. The highest BCUT2D eigenvalue weighted by Crippen LogP contribution is 2.63. The first-order valence-electron chi connectivity index (χ1n) is 18.3. The summed E-state index contributed by atoms with van der Waals surface area (Å²) in [5.41, 5.74) is -7.41. The molecule has 4 aliphatic rings. The lowest BCUT2D eigenvalue weighted by Gasteiger charge is -2.66. The van der Waals surface area contributed by atoms with E-state index in [2.05, 4.69) is 5.32 Å². The summed E-state index contributed by atoms with van der Waals surface area (Å²) in [5, 5.41) is 65.1. The Kier molecular flexibility index (Phi) is 10.7. The molecule has 3 fully saturated rings. The minimum atomic E-state index is -2.28. The molecule has 14 nitrogen and oxygen atoms in total. The minimum absolute atomic E-state index is 0.0233. The van der Waals surface area contributed by atoms with Gasteiger partial charge in [-0.2, -0.15) is 0 Å². The lowest BCUT2D eigenvalue weighted by Crippen LogP contribution is -2.81. The number of ketones is 1. The number of aliphatic hydroxyl groups excluding tert-OH is 3. The van der Waals surface area contributed by atoms with Crippen LogP contribution in [0.5, 0.6) is 0 Å². The number of carbonyl (C=O) groups excluding carboxylic acids is 4. The lowest BCUT2D eigenvalue weighted by atomic mass is 9.44. The van der Waals surface area contributed by atoms with Crippen molar-refractivity contribution in [1.82, 2.24) is 10.2 Å². The molecule has 0 radical (unpaired) electrons. The van der Waals surface area contributed by atoms with Crippen LogP contribution in [0.3, 0.4) is 0 Å². The molecule has 6 rings (SSSR count). The summed E-state index contributed by atoms with van der Waals surface area (Å²) >= 11 is 1.21. The Labute approximate surface area is 317 Å². The van der Waals surface area contributed by atoms with Gasteiger partial charge < -0.3 is 50.0 Å². The van der Waals surface area contributed by atoms with Crippen LogP contribution in [0, 0.1) is 16.7 Å². The fourth-order valence-electron chi connectivity index (χ4n) is 9.23. The first kappa shape index (κ1) is 40.0. The van der Waals surface area contributed by atoms with E-state index >= 15 is 0 Å². The van der Waals surface area contributed by atoms with Crippen LogP contribution < -0.4 is 5.32 Å². The van der Waals surface area contributed by atoms with Crippen molar-refractivity contribution in [2.45, 2.75) is 108 Å². The van der Waals surface area contributed by atoms with Crippen LogP contribution >= 0.6 is 11.3 Å². The van der Waals surface area contributed by atoms with Gasteiger partial charge >= 0.3 is 18.0 Å². The van der Waals surface area contributed by atoms with Gasteiger partial charge in [-0.1, -0.05) is 38.1 Å². The molecule has 2 amide bonds. The largest absolute Gasteiger partial charge is 0.456 e. The predicted octanol–water partition coefficient (Wildman–Crippen LogP) is 2.28. The SMILES string of the molecule is CCN(CC)C(=O)NC(c1cccs1)C(O)C(=O)OC1CC2(O)C(OC(=O)c3ccccc3)C3C4(O)COC4CC(O)[C@@]3(C)C(=O)C(O)C(=C1C)C2(C)C. The number of aliphatic hydroxyl groups is 5. The third kappa shape index (κ3) is 6.08. The van der Waals surface area contributed by atoms with Crippen molar-refractivity contribution >= 4 is 35.1 Å². The van der Waals surface area contributed by atoms with E-state index in [9.17, 15) is 44.7 Å². The van der Waals surface area contributed by atoms with E-state index in [0.717, 1.165) is 0 Å². The van der Waals surface area contributed by atoms with E-state index < -0.39 is 101 Å². The van der Waals surface area contributed by atoms with Crippen molar-refractivity contribution in [2.75, 3.05) is 19.7 Å². The van der Waals surface area contributed by atoms with Gasteiger partial charge in [0.15, 0.2) is 11.9 Å². The topological polar surface area (TPSA) is 212 Å². The molecule has 15 heteroatoms. The number of carbonyl (C=O) groups is 4. The molecule has 2 saturated carbocycles. The highest BCUT2D eigenvalue weighted by atomic mass is 32.1. The second kappa shape index (κ2) is 14.4. The molecule has 294 valence electrons. The van der Waals surface area contributed by atoms with Crippen molar-refractivity contribution in [3.63, 3.8) is 0 Å². The van der Waals surface area contributed by atoms with Crippen LogP contribution in [0.25, 0.3) is 0 Å². The molecule has 54 heavy (non-hydrogen) atoms. The summed E-state index contributed by atoms with van der Waals surface area (Å²) in [4.78, 5) is 57.6. The van der Waals surface area contributed by atoms with Crippen LogP contribution in [-0.4, -0.2) is 122 Å². The Morgan fingerprint density at radius 1 is 1.04 bits per heavy atom. The van der Waals surface area contributed by atoms with Crippen molar-refractivity contribution in [1.29, 1.82) is 0 Å². The number of nitrogens with one attached hydrogen (secondary N) is 1. The van der Waals surface area contributed by atoms with Crippen LogP contribution in [-0.2, 0) is 23.8 Å². The minimum Gasteiger partial charge on any atom is -0.456 e. The van der Waals surface area contributed by atoms with E-state index in [1.165, 1.54) is 42.2 Å². The smallest absolute Gasteiger partial charge is 0.338 e. The summed E-state index contributed by atoms with van der Waals surface area (Å²) < 4.78 is 17.8. The number of nitrogens with zero attached hydrogens (tertiary/aromatic N) is 1. The molecule has 1 aromatic heterocycles. The van der Waals surface area contributed by atoms with E-state index in [1.807, 2.05) is 0 Å². The zero-order valence-corrected chi connectivity index (χ0v) is 32.0. The van der Waals surface area contributed by atoms with Gasteiger partial charge in [-0.05, 0) is 62.4 Å². The fourth-order valence-corrected chi connectivity index (χ4v) is 10.0. The Morgan fingerprint density at radius 3 is 2.28 bits per heavy atom. The lowest BCUT2D eigenvalue weighted by molar-refractivity contribution is -0.343. The van der Waals surface area contributed by atoms with Gasteiger partial charge in [0.05, 0.1) is 29.8 Å². The highest BCUT2D eigenvalue weighted by Gasteiger charge is 2.76. The van der Waals surface area contributed by atoms with Crippen molar-refractivity contribution in [2.24, 2.45) is 16.7 Å². The molecule has 0 spiro atoms. The van der Waals surface area contributed by atoms with Crippen molar-refractivity contribution in [3.8, 4) is 0 Å². The van der Waals surface area contributed by atoms with Gasteiger partial charge in [-0.3, -0.25) is 4.79 Å². The summed E-state index contributed by atoms with van der Waals surface area (Å²) in [5.74, 6) is -4.45. The first-order chi connectivity index (χ1) is 25.4.